The molecule has 1 amide bonds. The normalized spacial score (nSPS) is 10.5. The highest BCUT2D eigenvalue weighted by Gasteiger charge is 2.10. The second-order valence-electron chi connectivity index (χ2n) is 4.46. The second kappa shape index (κ2) is 7.17. The zero-order valence-electron chi connectivity index (χ0n) is 12.4. The van der Waals surface area contributed by atoms with E-state index in [1.807, 2.05) is 18.2 Å². The molecule has 2 N–H and O–H groups in total. The number of aromatic hydroxyl groups is 1. The smallest absolute Gasteiger partial charge is 0.248 e. The van der Waals surface area contributed by atoms with E-state index in [-0.39, 0.29) is 23.2 Å². The van der Waals surface area contributed by atoms with E-state index in [0.29, 0.717) is 5.56 Å². The van der Waals surface area contributed by atoms with E-state index in [1.165, 1.54) is 20.3 Å². The number of anilines is 1. The van der Waals surface area contributed by atoms with Gasteiger partial charge in [-0.25, -0.2) is 0 Å². The Morgan fingerprint density at radius 1 is 1.09 bits per heavy atom. The number of ether oxygens (including phenoxy) is 2. The van der Waals surface area contributed by atoms with Crippen LogP contribution in [-0.2, 0) is 4.79 Å². The fourth-order valence-corrected chi connectivity index (χ4v) is 1.89. The van der Waals surface area contributed by atoms with Crippen LogP contribution in [0.2, 0.25) is 0 Å². The fourth-order valence-electron chi connectivity index (χ4n) is 1.89. The average Bonchev–Trinajstić information content (AvgIpc) is 2.54. The maximum Gasteiger partial charge on any atom is 0.248 e. The van der Waals surface area contributed by atoms with Crippen LogP contribution in [0.4, 0.5) is 5.69 Å². The Labute approximate surface area is 128 Å². The molecule has 0 spiro atoms. The summed E-state index contributed by atoms with van der Waals surface area (Å²) in [4.78, 5) is 11.9. The molecule has 0 aliphatic rings. The Hall–Kier alpha value is -2.95. The van der Waals surface area contributed by atoms with Crippen LogP contribution in [0.15, 0.2) is 48.5 Å². The molecule has 0 saturated heterocycles. The average molecular weight is 299 g/mol. The predicted molar refractivity (Wildman–Crippen MR) is 85.3 cm³/mol. The monoisotopic (exact) mass is 299 g/mol. The number of benzene rings is 2. The van der Waals surface area contributed by atoms with Crippen LogP contribution >= 0.6 is 0 Å². The van der Waals surface area contributed by atoms with Gasteiger partial charge in [0.2, 0.25) is 11.7 Å². The van der Waals surface area contributed by atoms with Crippen LogP contribution < -0.4 is 14.8 Å². The van der Waals surface area contributed by atoms with Crippen molar-refractivity contribution in [2.75, 3.05) is 19.5 Å². The molecule has 0 saturated carbocycles. The molecular formula is C17H17NO4. The number of amides is 1. The molecule has 0 bridgehead atoms. The van der Waals surface area contributed by atoms with Gasteiger partial charge in [-0.05, 0) is 35.9 Å². The number of rotatable bonds is 5. The maximum absolute atomic E-state index is 11.9. The standard InChI is InChI=1S/C17H17NO4/c1-21-14-10-12(11-15(22-2)17(14)20)8-9-16(19)18-13-6-4-3-5-7-13/h3-11,20H,1-2H3,(H,18,19)/b9-8+. The topological polar surface area (TPSA) is 67.8 Å². The first-order chi connectivity index (χ1) is 10.6. The summed E-state index contributed by atoms with van der Waals surface area (Å²) in [5, 5.41) is 12.6. The summed E-state index contributed by atoms with van der Waals surface area (Å²) in [6, 6.07) is 12.4. The molecule has 5 nitrogen and oxygen atoms in total. The summed E-state index contributed by atoms with van der Waals surface area (Å²) in [6.07, 6.45) is 3.01. The van der Waals surface area contributed by atoms with Crippen molar-refractivity contribution in [1.82, 2.24) is 0 Å². The lowest BCUT2D eigenvalue weighted by molar-refractivity contribution is -0.111. The van der Waals surface area contributed by atoms with Crippen molar-refractivity contribution < 1.29 is 19.4 Å². The largest absolute Gasteiger partial charge is 0.502 e. The first kappa shape index (κ1) is 15.4. The van der Waals surface area contributed by atoms with Crippen molar-refractivity contribution in [3.05, 3.63) is 54.1 Å². The van der Waals surface area contributed by atoms with Crippen LogP contribution in [-0.4, -0.2) is 25.2 Å². The number of hydrogen-bond donors (Lipinski definition) is 2. The quantitative estimate of drug-likeness (QED) is 0.833. The van der Waals surface area contributed by atoms with Gasteiger partial charge >= 0.3 is 0 Å². The van der Waals surface area contributed by atoms with Gasteiger partial charge < -0.3 is 19.9 Å². The van der Waals surface area contributed by atoms with Gasteiger partial charge in [0.25, 0.3) is 0 Å². The van der Waals surface area contributed by atoms with Crippen LogP contribution in [0.1, 0.15) is 5.56 Å². The van der Waals surface area contributed by atoms with Crippen LogP contribution in [0.25, 0.3) is 6.08 Å². The third-order valence-electron chi connectivity index (χ3n) is 2.97. The van der Waals surface area contributed by atoms with Crippen LogP contribution in [0.3, 0.4) is 0 Å². The van der Waals surface area contributed by atoms with Crippen LogP contribution in [0.5, 0.6) is 17.2 Å². The third kappa shape index (κ3) is 3.79. The molecule has 0 unspecified atom stereocenters. The SMILES string of the molecule is COc1cc(/C=C/C(=O)Nc2ccccc2)cc(OC)c1O. The molecule has 0 atom stereocenters. The minimum Gasteiger partial charge on any atom is -0.502 e. The van der Waals surface area contributed by atoms with Crippen molar-refractivity contribution >= 4 is 17.7 Å². The van der Waals surface area contributed by atoms with Crippen LogP contribution in [0, 0.1) is 0 Å². The van der Waals surface area contributed by atoms with Gasteiger partial charge in [-0.3, -0.25) is 4.79 Å². The Balaban J connectivity index is 2.14. The molecular weight excluding hydrogens is 282 g/mol. The van der Waals surface area contributed by atoms with Gasteiger partial charge in [0.05, 0.1) is 14.2 Å². The number of carbonyl (C=O) groups excluding carboxylic acids is 1. The number of nitrogens with one attached hydrogen (secondary N) is 1. The number of hydrogen-bond acceptors (Lipinski definition) is 4. The van der Waals surface area contributed by atoms with Crippen molar-refractivity contribution in [3.8, 4) is 17.2 Å². The molecule has 0 heterocycles. The van der Waals surface area contributed by atoms with Gasteiger partial charge in [0, 0.05) is 11.8 Å². The van der Waals surface area contributed by atoms with Gasteiger partial charge in [0.15, 0.2) is 11.5 Å². The molecule has 0 aromatic heterocycles. The summed E-state index contributed by atoms with van der Waals surface area (Å²) in [5.41, 5.74) is 1.40. The van der Waals surface area contributed by atoms with E-state index >= 15 is 0 Å². The van der Waals surface area contributed by atoms with Crippen molar-refractivity contribution in [3.63, 3.8) is 0 Å². The lowest BCUT2D eigenvalue weighted by Crippen LogP contribution is -2.07. The first-order valence-corrected chi connectivity index (χ1v) is 6.63. The minimum absolute atomic E-state index is 0.0733. The molecule has 2 aromatic rings. The molecule has 0 aliphatic heterocycles. The van der Waals surface area contributed by atoms with E-state index in [9.17, 15) is 9.90 Å². The Morgan fingerprint density at radius 2 is 1.68 bits per heavy atom. The molecule has 2 aromatic carbocycles. The summed E-state index contributed by atoms with van der Waals surface area (Å²) < 4.78 is 10.1. The Morgan fingerprint density at radius 3 is 2.23 bits per heavy atom. The van der Waals surface area contributed by atoms with E-state index in [2.05, 4.69) is 5.32 Å². The molecule has 0 aliphatic carbocycles. The second-order valence-corrected chi connectivity index (χ2v) is 4.46. The summed E-state index contributed by atoms with van der Waals surface area (Å²) in [5.74, 6) is 0.234. The van der Waals surface area contributed by atoms with Crippen molar-refractivity contribution in [2.45, 2.75) is 0 Å². The molecule has 0 radical (unpaired) electrons. The van der Waals surface area contributed by atoms with Gasteiger partial charge in [-0.1, -0.05) is 18.2 Å². The fraction of sp³-hybridized carbons (Fsp3) is 0.118. The zero-order chi connectivity index (χ0) is 15.9. The highest BCUT2D eigenvalue weighted by atomic mass is 16.5. The van der Waals surface area contributed by atoms with Gasteiger partial charge in [-0.2, -0.15) is 0 Å². The first-order valence-electron chi connectivity index (χ1n) is 6.63. The predicted octanol–water partition coefficient (Wildman–Crippen LogP) is 3.06. The molecule has 22 heavy (non-hydrogen) atoms. The molecule has 0 fully saturated rings. The van der Waals surface area contributed by atoms with E-state index < -0.39 is 0 Å². The maximum atomic E-state index is 11.9. The summed E-state index contributed by atoms with van der Waals surface area (Å²) in [6.45, 7) is 0. The number of phenols is 1. The number of para-hydroxylation sites is 1. The number of phenolic OH excluding ortho intramolecular Hbond substituents is 1. The highest BCUT2D eigenvalue weighted by molar-refractivity contribution is 6.01. The Bertz CT molecular complexity index is 655. The summed E-state index contributed by atoms with van der Waals surface area (Å²) in [7, 11) is 2.90. The van der Waals surface area contributed by atoms with Gasteiger partial charge in [0.1, 0.15) is 0 Å². The minimum atomic E-state index is -0.253. The third-order valence-corrected chi connectivity index (χ3v) is 2.97. The number of carbonyl (C=O) groups is 1. The number of methoxy groups -OCH3 is 2. The van der Waals surface area contributed by atoms with E-state index in [1.54, 1.807) is 30.3 Å². The van der Waals surface area contributed by atoms with E-state index in [4.69, 9.17) is 9.47 Å². The highest BCUT2D eigenvalue weighted by Crippen LogP contribution is 2.37. The molecule has 5 heteroatoms. The van der Waals surface area contributed by atoms with Crippen molar-refractivity contribution in [1.29, 1.82) is 0 Å². The Kier molecular flexibility index (Phi) is 5.03. The van der Waals surface area contributed by atoms with Crippen molar-refractivity contribution in [2.24, 2.45) is 0 Å². The van der Waals surface area contributed by atoms with Gasteiger partial charge in [-0.15, -0.1) is 0 Å². The van der Waals surface area contributed by atoms with E-state index in [0.717, 1.165) is 5.69 Å². The lowest BCUT2D eigenvalue weighted by atomic mass is 10.1. The zero-order valence-corrected chi connectivity index (χ0v) is 12.4. The molecule has 2 rings (SSSR count). The molecule has 114 valence electrons. The lowest BCUT2D eigenvalue weighted by Gasteiger charge is -2.09. The summed E-state index contributed by atoms with van der Waals surface area (Å²) >= 11 is 0.